The van der Waals surface area contributed by atoms with E-state index in [1.54, 1.807) is 29.4 Å². The summed E-state index contributed by atoms with van der Waals surface area (Å²) in [5.74, 6) is 0.439. The molecule has 0 bridgehead atoms. The van der Waals surface area contributed by atoms with Crippen LogP contribution in [-0.2, 0) is 9.53 Å². The number of amides is 1. The summed E-state index contributed by atoms with van der Waals surface area (Å²) in [5.41, 5.74) is 1.02. The topological polar surface area (TPSA) is 51.7 Å². The van der Waals surface area contributed by atoms with Gasteiger partial charge in [-0.25, -0.2) is 0 Å². The molecular formula is C17H17ClN2O3. The van der Waals surface area contributed by atoms with E-state index < -0.39 is 0 Å². The van der Waals surface area contributed by atoms with Crippen LogP contribution in [0.2, 0.25) is 5.02 Å². The smallest absolute Gasteiger partial charge is 0.260 e. The first-order valence-electron chi connectivity index (χ1n) is 7.40. The molecule has 1 atom stereocenters. The number of para-hydroxylation sites is 1. The van der Waals surface area contributed by atoms with Gasteiger partial charge >= 0.3 is 0 Å². The van der Waals surface area contributed by atoms with Crippen LogP contribution in [0.4, 0.5) is 0 Å². The minimum Gasteiger partial charge on any atom is -0.482 e. The lowest BCUT2D eigenvalue weighted by molar-refractivity contribution is -0.141. The van der Waals surface area contributed by atoms with Crippen molar-refractivity contribution in [1.29, 1.82) is 0 Å². The highest BCUT2D eigenvalue weighted by molar-refractivity contribution is 6.32. The Morgan fingerprint density at radius 1 is 1.30 bits per heavy atom. The van der Waals surface area contributed by atoms with E-state index >= 15 is 0 Å². The van der Waals surface area contributed by atoms with Crippen molar-refractivity contribution < 1.29 is 14.3 Å². The molecule has 2 aromatic rings. The molecule has 5 nitrogen and oxygen atoms in total. The molecule has 0 unspecified atom stereocenters. The predicted octanol–water partition coefficient (Wildman–Crippen LogP) is 2.71. The zero-order valence-electron chi connectivity index (χ0n) is 12.5. The fraction of sp³-hybridized carbons (Fsp3) is 0.294. The van der Waals surface area contributed by atoms with Crippen LogP contribution in [0.15, 0.2) is 48.8 Å². The van der Waals surface area contributed by atoms with Gasteiger partial charge in [-0.1, -0.05) is 23.7 Å². The van der Waals surface area contributed by atoms with Crippen molar-refractivity contribution in [3.63, 3.8) is 0 Å². The molecule has 6 heteroatoms. The molecule has 23 heavy (non-hydrogen) atoms. The Morgan fingerprint density at radius 3 is 2.87 bits per heavy atom. The van der Waals surface area contributed by atoms with Crippen LogP contribution in [0.1, 0.15) is 11.7 Å². The van der Waals surface area contributed by atoms with Gasteiger partial charge in [0.25, 0.3) is 5.91 Å². The maximum atomic E-state index is 12.3. The fourth-order valence-corrected chi connectivity index (χ4v) is 2.64. The number of halogens is 1. The number of ether oxygens (including phenoxy) is 2. The number of aromatic nitrogens is 1. The van der Waals surface area contributed by atoms with E-state index in [0.717, 1.165) is 5.56 Å². The minimum atomic E-state index is -0.129. The summed E-state index contributed by atoms with van der Waals surface area (Å²) in [5, 5.41) is 0.497. The Balaban J connectivity index is 1.58. The summed E-state index contributed by atoms with van der Waals surface area (Å²) in [4.78, 5) is 18.1. The number of carbonyl (C=O) groups is 1. The average molecular weight is 333 g/mol. The number of carbonyl (C=O) groups excluding carboxylic acids is 1. The van der Waals surface area contributed by atoms with Crippen LogP contribution in [0.25, 0.3) is 0 Å². The summed E-state index contributed by atoms with van der Waals surface area (Å²) in [7, 11) is 0. The van der Waals surface area contributed by atoms with Gasteiger partial charge in [-0.3, -0.25) is 9.78 Å². The number of morpholine rings is 1. The number of benzene rings is 1. The number of nitrogens with zero attached hydrogens (tertiary/aromatic N) is 2. The van der Waals surface area contributed by atoms with E-state index in [9.17, 15) is 4.79 Å². The summed E-state index contributed by atoms with van der Waals surface area (Å²) in [6.45, 7) is 1.54. The minimum absolute atomic E-state index is 0.0349. The fourth-order valence-electron chi connectivity index (χ4n) is 2.45. The molecule has 0 aliphatic carbocycles. The third kappa shape index (κ3) is 4.00. The number of pyridine rings is 1. The molecular weight excluding hydrogens is 316 g/mol. The first-order chi connectivity index (χ1) is 11.2. The van der Waals surface area contributed by atoms with E-state index in [2.05, 4.69) is 4.98 Å². The molecule has 3 rings (SSSR count). The normalized spacial score (nSPS) is 17.8. The maximum Gasteiger partial charge on any atom is 0.260 e. The van der Waals surface area contributed by atoms with E-state index in [1.165, 1.54) is 0 Å². The summed E-state index contributed by atoms with van der Waals surface area (Å²) >= 11 is 6.02. The van der Waals surface area contributed by atoms with Crippen LogP contribution >= 0.6 is 11.6 Å². The van der Waals surface area contributed by atoms with E-state index in [-0.39, 0.29) is 18.6 Å². The van der Waals surface area contributed by atoms with Gasteiger partial charge in [0.15, 0.2) is 6.61 Å². The molecule has 1 aliphatic heterocycles. The van der Waals surface area contributed by atoms with Gasteiger partial charge in [-0.15, -0.1) is 0 Å². The summed E-state index contributed by atoms with van der Waals surface area (Å²) in [6, 6.07) is 10.9. The monoisotopic (exact) mass is 332 g/mol. The molecule has 1 aromatic heterocycles. The lowest BCUT2D eigenvalue weighted by Crippen LogP contribution is -2.44. The van der Waals surface area contributed by atoms with Crippen LogP contribution in [0.3, 0.4) is 0 Å². The van der Waals surface area contributed by atoms with Gasteiger partial charge in [0.1, 0.15) is 11.9 Å². The molecule has 2 heterocycles. The average Bonchev–Trinajstić information content (AvgIpc) is 2.62. The second-order valence-corrected chi connectivity index (χ2v) is 5.61. The van der Waals surface area contributed by atoms with Crippen LogP contribution in [-0.4, -0.2) is 42.1 Å². The maximum absolute atomic E-state index is 12.3. The molecule has 0 saturated carbocycles. The quantitative estimate of drug-likeness (QED) is 0.864. The zero-order valence-corrected chi connectivity index (χ0v) is 13.3. The first-order valence-corrected chi connectivity index (χ1v) is 7.78. The highest BCUT2D eigenvalue weighted by atomic mass is 35.5. The molecule has 1 saturated heterocycles. The summed E-state index contributed by atoms with van der Waals surface area (Å²) in [6.07, 6.45) is 3.32. The van der Waals surface area contributed by atoms with Crippen molar-refractivity contribution in [3.05, 3.63) is 59.4 Å². The van der Waals surface area contributed by atoms with Gasteiger partial charge in [-0.2, -0.15) is 0 Å². The van der Waals surface area contributed by atoms with Gasteiger partial charge in [0.05, 0.1) is 18.2 Å². The number of hydrogen-bond acceptors (Lipinski definition) is 4. The van der Waals surface area contributed by atoms with Crippen molar-refractivity contribution in [2.45, 2.75) is 6.10 Å². The Bertz CT molecular complexity index is 666. The van der Waals surface area contributed by atoms with Crippen LogP contribution in [0.5, 0.6) is 5.75 Å². The third-order valence-corrected chi connectivity index (χ3v) is 4.00. The molecule has 0 spiro atoms. The highest BCUT2D eigenvalue weighted by Gasteiger charge is 2.25. The molecule has 120 valence electrons. The molecule has 0 radical (unpaired) electrons. The molecule has 1 aromatic carbocycles. The van der Waals surface area contributed by atoms with Crippen molar-refractivity contribution in [1.82, 2.24) is 9.88 Å². The van der Waals surface area contributed by atoms with Gasteiger partial charge in [-0.05, 0) is 29.8 Å². The van der Waals surface area contributed by atoms with E-state index in [1.807, 2.05) is 24.3 Å². The summed E-state index contributed by atoms with van der Waals surface area (Å²) < 4.78 is 11.3. The Kier molecular flexibility index (Phi) is 5.10. The number of hydrogen-bond donors (Lipinski definition) is 0. The van der Waals surface area contributed by atoms with Gasteiger partial charge in [0, 0.05) is 18.9 Å². The lowest BCUT2D eigenvalue weighted by atomic mass is 10.1. The van der Waals surface area contributed by atoms with Gasteiger partial charge in [0.2, 0.25) is 0 Å². The van der Waals surface area contributed by atoms with Crippen molar-refractivity contribution in [2.75, 3.05) is 26.3 Å². The Hall–Kier alpha value is -2.11. The van der Waals surface area contributed by atoms with Gasteiger partial charge < -0.3 is 14.4 Å². The molecule has 1 amide bonds. The lowest BCUT2D eigenvalue weighted by Gasteiger charge is -2.33. The largest absolute Gasteiger partial charge is 0.482 e. The standard InChI is InChI=1S/C17H17ClN2O3/c18-14-3-1-2-4-15(14)23-12-17(21)20-9-10-22-16(11-20)13-5-7-19-8-6-13/h1-8,16H,9-12H2/t16-/m0/s1. The van der Waals surface area contributed by atoms with Crippen molar-refractivity contribution in [2.24, 2.45) is 0 Å². The second kappa shape index (κ2) is 7.44. The zero-order chi connectivity index (χ0) is 16.1. The molecule has 1 fully saturated rings. The van der Waals surface area contributed by atoms with E-state index in [4.69, 9.17) is 21.1 Å². The van der Waals surface area contributed by atoms with Crippen LogP contribution in [0, 0.1) is 0 Å². The molecule has 1 aliphatic rings. The third-order valence-electron chi connectivity index (χ3n) is 3.68. The van der Waals surface area contributed by atoms with Crippen molar-refractivity contribution >= 4 is 17.5 Å². The van der Waals surface area contributed by atoms with Crippen molar-refractivity contribution in [3.8, 4) is 5.75 Å². The molecule has 0 N–H and O–H groups in total. The Labute approximate surface area is 139 Å². The second-order valence-electron chi connectivity index (χ2n) is 5.20. The van der Waals surface area contributed by atoms with E-state index in [0.29, 0.717) is 30.5 Å². The predicted molar refractivity (Wildman–Crippen MR) is 86.5 cm³/mol. The first kappa shape index (κ1) is 15.8. The number of rotatable bonds is 4. The highest BCUT2D eigenvalue weighted by Crippen LogP contribution is 2.24. The Morgan fingerprint density at radius 2 is 2.09 bits per heavy atom. The SMILES string of the molecule is O=C(COc1ccccc1Cl)N1CCO[C@H](c2ccncc2)C1. The van der Waals surface area contributed by atoms with Crippen LogP contribution < -0.4 is 4.74 Å².